The van der Waals surface area contributed by atoms with Gasteiger partial charge in [0.25, 0.3) is 0 Å². The molecule has 1 fully saturated rings. The van der Waals surface area contributed by atoms with Crippen LogP contribution in [0, 0.1) is 0 Å². The Morgan fingerprint density at radius 3 is 2.65 bits per heavy atom. The van der Waals surface area contributed by atoms with Crippen LogP contribution in [0.5, 0.6) is 0 Å². The van der Waals surface area contributed by atoms with E-state index in [4.69, 9.17) is 4.74 Å². The summed E-state index contributed by atoms with van der Waals surface area (Å²) in [6.07, 6.45) is 5.41. The highest BCUT2D eigenvalue weighted by Gasteiger charge is 2.22. The first-order chi connectivity index (χ1) is 9.81. The minimum Gasteiger partial charge on any atom is -0.378 e. The summed E-state index contributed by atoms with van der Waals surface area (Å²) in [6, 6.07) is 8.58. The minimum atomic E-state index is -0.0548. The van der Waals surface area contributed by atoms with Crippen molar-refractivity contribution in [1.82, 2.24) is 10.6 Å². The van der Waals surface area contributed by atoms with Crippen LogP contribution in [0.15, 0.2) is 24.3 Å². The van der Waals surface area contributed by atoms with Gasteiger partial charge in [0.15, 0.2) is 0 Å². The van der Waals surface area contributed by atoms with Crippen molar-refractivity contribution in [2.75, 3.05) is 13.2 Å². The summed E-state index contributed by atoms with van der Waals surface area (Å²) < 4.78 is 5.54. The van der Waals surface area contributed by atoms with E-state index in [1.807, 2.05) is 0 Å². The number of rotatable bonds is 4. The van der Waals surface area contributed by atoms with E-state index >= 15 is 0 Å². The summed E-state index contributed by atoms with van der Waals surface area (Å²) in [7, 11) is 0. The van der Waals surface area contributed by atoms with Gasteiger partial charge in [0.2, 0.25) is 0 Å². The van der Waals surface area contributed by atoms with Crippen LogP contribution in [-0.2, 0) is 17.6 Å². The quantitative estimate of drug-likeness (QED) is 0.882. The molecule has 2 aliphatic rings. The van der Waals surface area contributed by atoms with Gasteiger partial charge in [-0.05, 0) is 43.2 Å². The van der Waals surface area contributed by atoms with E-state index < -0.39 is 0 Å². The summed E-state index contributed by atoms with van der Waals surface area (Å²) in [5.41, 5.74) is 2.72. The number of carbonyl (C=O) groups excluding carboxylic acids is 1. The SMILES string of the molecule is O=C(NCCC1CCCO1)NC1Cc2ccccc2C1. The first kappa shape index (κ1) is 13.4. The molecule has 1 aromatic rings. The monoisotopic (exact) mass is 274 g/mol. The Labute approximate surface area is 119 Å². The van der Waals surface area contributed by atoms with Crippen molar-refractivity contribution in [3.05, 3.63) is 35.4 Å². The smallest absolute Gasteiger partial charge is 0.315 e. The molecule has 108 valence electrons. The second-order valence-corrected chi connectivity index (χ2v) is 5.70. The minimum absolute atomic E-state index is 0.0548. The Bertz CT molecular complexity index is 444. The summed E-state index contributed by atoms with van der Waals surface area (Å²) in [4.78, 5) is 11.9. The van der Waals surface area contributed by atoms with Gasteiger partial charge < -0.3 is 15.4 Å². The second-order valence-electron chi connectivity index (χ2n) is 5.70. The van der Waals surface area contributed by atoms with E-state index in [-0.39, 0.29) is 12.1 Å². The molecule has 0 spiro atoms. The van der Waals surface area contributed by atoms with Crippen molar-refractivity contribution < 1.29 is 9.53 Å². The van der Waals surface area contributed by atoms with Gasteiger partial charge in [-0.2, -0.15) is 0 Å². The van der Waals surface area contributed by atoms with E-state index in [2.05, 4.69) is 34.9 Å². The Morgan fingerprint density at radius 2 is 2.00 bits per heavy atom. The van der Waals surface area contributed by atoms with Crippen LogP contribution in [0.2, 0.25) is 0 Å². The Kier molecular flexibility index (Phi) is 4.21. The fourth-order valence-electron chi connectivity index (χ4n) is 3.12. The predicted octanol–water partition coefficient (Wildman–Crippen LogP) is 2.02. The molecule has 0 saturated carbocycles. The average Bonchev–Trinajstić information content (AvgIpc) is 3.06. The number of fused-ring (bicyclic) bond motifs is 1. The third kappa shape index (κ3) is 3.31. The number of nitrogens with one attached hydrogen (secondary N) is 2. The van der Waals surface area contributed by atoms with Gasteiger partial charge in [0, 0.05) is 19.2 Å². The summed E-state index contributed by atoms with van der Waals surface area (Å²) in [5, 5.41) is 5.99. The molecule has 0 radical (unpaired) electrons. The zero-order valence-corrected chi connectivity index (χ0v) is 11.7. The van der Waals surface area contributed by atoms with Gasteiger partial charge in [-0.15, -0.1) is 0 Å². The number of hydrogen-bond acceptors (Lipinski definition) is 2. The van der Waals surface area contributed by atoms with Crippen molar-refractivity contribution in [2.24, 2.45) is 0 Å². The van der Waals surface area contributed by atoms with Crippen LogP contribution in [0.4, 0.5) is 4.79 Å². The molecular formula is C16H22N2O2. The summed E-state index contributed by atoms with van der Waals surface area (Å²) in [6.45, 7) is 1.56. The third-order valence-electron chi connectivity index (χ3n) is 4.16. The maximum Gasteiger partial charge on any atom is 0.315 e. The topological polar surface area (TPSA) is 50.4 Å². The Morgan fingerprint density at radius 1 is 1.25 bits per heavy atom. The fourth-order valence-corrected chi connectivity index (χ4v) is 3.12. The van der Waals surface area contributed by atoms with Gasteiger partial charge in [0.1, 0.15) is 0 Å². The summed E-state index contributed by atoms with van der Waals surface area (Å²) in [5.74, 6) is 0. The van der Waals surface area contributed by atoms with Crippen LogP contribution in [0.1, 0.15) is 30.4 Å². The molecule has 2 amide bonds. The van der Waals surface area contributed by atoms with Crippen molar-refractivity contribution in [3.8, 4) is 0 Å². The first-order valence-electron chi connectivity index (χ1n) is 7.54. The van der Waals surface area contributed by atoms with Gasteiger partial charge >= 0.3 is 6.03 Å². The number of hydrogen-bond donors (Lipinski definition) is 2. The Balaban J connectivity index is 1.37. The lowest BCUT2D eigenvalue weighted by atomic mass is 10.1. The lowest BCUT2D eigenvalue weighted by molar-refractivity contribution is 0.104. The molecule has 3 rings (SSSR count). The molecule has 0 bridgehead atoms. The zero-order chi connectivity index (χ0) is 13.8. The van der Waals surface area contributed by atoms with Crippen molar-refractivity contribution >= 4 is 6.03 Å². The number of ether oxygens (including phenoxy) is 1. The molecule has 4 nitrogen and oxygen atoms in total. The second kappa shape index (κ2) is 6.27. The molecule has 0 aromatic heterocycles. The molecular weight excluding hydrogens is 252 g/mol. The van der Waals surface area contributed by atoms with E-state index in [1.165, 1.54) is 11.1 Å². The lowest BCUT2D eigenvalue weighted by Crippen LogP contribution is -2.43. The third-order valence-corrected chi connectivity index (χ3v) is 4.16. The molecule has 4 heteroatoms. The number of benzene rings is 1. The standard InChI is InChI=1S/C16H22N2O2/c19-16(17-8-7-15-6-3-9-20-15)18-14-10-12-4-1-2-5-13(12)11-14/h1-2,4-5,14-15H,3,6-11H2,(H2,17,18,19). The molecule has 1 aromatic carbocycles. The average molecular weight is 274 g/mol. The molecule has 1 heterocycles. The highest BCUT2D eigenvalue weighted by molar-refractivity contribution is 5.74. The van der Waals surface area contributed by atoms with E-state index in [0.717, 1.165) is 38.7 Å². The van der Waals surface area contributed by atoms with Crippen LogP contribution < -0.4 is 10.6 Å². The molecule has 1 unspecified atom stereocenters. The van der Waals surface area contributed by atoms with Gasteiger partial charge in [-0.3, -0.25) is 0 Å². The molecule has 1 saturated heterocycles. The van der Waals surface area contributed by atoms with Crippen molar-refractivity contribution in [2.45, 2.75) is 44.2 Å². The van der Waals surface area contributed by atoms with Crippen molar-refractivity contribution in [1.29, 1.82) is 0 Å². The number of amides is 2. The largest absolute Gasteiger partial charge is 0.378 e. The van der Waals surface area contributed by atoms with Crippen LogP contribution in [-0.4, -0.2) is 31.3 Å². The number of urea groups is 1. The Hall–Kier alpha value is -1.55. The molecule has 20 heavy (non-hydrogen) atoms. The van der Waals surface area contributed by atoms with Crippen molar-refractivity contribution in [3.63, 3.8) is 0 Å². The molecule has 1 aliphatic heterocycles. The summed E-state index contributed by atoms with van der Waals surface area (Å²) >= 11 is 0. The van der Waals surface area contributed by atoms with E-state index in [9.17, 15) is 4.79 Å². The maximum atomic E-state index is 11.9. The van der Waals surface area contributed by atoms with Gasteiger partial charge in [0.05, 0.1) is 6.10 Å². The fraction of sp³-hybridized carbons (Fsp3) is 0.562. The zero-order valence-electron chi connectivity index (χ0n) is 11.7. The predicted molar refractivity (Wildman–Crippen MR) is 77.8 cm³/mol. The first-order valence-corrected chi connectivity index (χ1v) is 7.54. The van der Waals surface area contributed by atoms with Crippen LogP contribution in [0.25, 0.3) is 0 Å². The lowest BCUT2D eigenvalue weighted by Gasteiger charge is -2.14. The molecule has 2 N–H and O–H groups in total. The molecule has 1 aliphatic carbocycles. The highest BCUT2D eigenvalue weighted by atomic mass is 16.5. The van der Waals surface area contributed by atoms with Crippen LogP contribution >= 0.6 is 0 Å². The van der Waals surface area contributed by atoms with E-state index in [1.54, 1.807) is 0 Å². The number of carbonyl (C=O) groups is 1. The van der Waals surface area contributed by atoms with E-state index in [0.29, 0.717) is 12.6 Å². The molecule has 1 atom stereocenters. The van der Waals surface area contributed by atoms with Gasteiger partial charge in [-0.1, -0.05) is 24.3 Å². The van der Waals surface area contributed by atoms with Gasteiger partial charge in [-0.25, -0.2) is 4.79 Å². The highest BCUT2D eigenvalue weighted by Crippen LogP contribution is 2.21. The van der Waals surface area contributed by atoms with Crippen LogP contribution in [0.3, 0.4) is 0 Å². The normalized spacial score (nSPS) is 21.7. The maximum absolute atomic E-state index is 11.9.